The molecule has 122 heavy (non-hydrogen) atoms. The van der Waals surface area contributed by atoms with Gasteiger partial charge in [0.1, 0.15) is 0 Å². The summed E-state index contributed by atoms with van der Waals surface area (Å²) in [6, 6.07) is 33.7. The highest BCUT2D eigenvalue weighted by Gasteiger charge is 2.58. The lowest BCUT2D eigenvalue weighted by molar-refractivity contribution is -0.147. The Hall–Kier alpha value is -7.98. The fourth-order valence-corrected chi connectivity index (χ4v) is 17.3. The molecule has 6 saturated heterocycles. The molecule has 6 heterocycles. The first-order chi connectivity index (χ1) is 56.9. The van der Waals surface area contributed by atoms with Crippen LogP contribution in [0.3, 0.4) is 0 Å². The second kappa shape index (κ2) is 35.8. The van der Waals surface area contributed by atoms with Crippen LogP contribution in [0.5, 0.6) is 0 Å². The number of piperidine rings is 3. The van der Waals surface area contributed by atoms with Crippen LogP contribution in [0, 0.1) is 0 Å². The number of carbonyl (C=O) groups is 3. The first-order valence-corrected chi connectivity index (χ1v) is 41.9. The molecule has 6 bridgehead atoms. The van der Waals surface area contributed by atoms with Gasteiger partial charge in [0, 0.05) is 50.8 Å². The van der Waals surface area contributed by atoms with Crippen molar-refractivity contribution in [3.63, 3.8) is 0 Å². The van der Waals surface area contributed by atoms with E-state index in [1.807, 2.05) is 60.7 Å². The number of halogens is 18. The van der Waals surface area contributed by atoms with E-state index in [-0.39, 0.29) is 112 Å². The standard InChI is InChI=1S/2C28H31F6N3O2.C26H28F6N2O5S.C3H7N/c2*1-18(19-11-21(27(29,30)31)13-22(12-19)28(32,33)34)39-17-26(20-5-3-2-4-6-20)10-9-25(15-35-23-7-8-23)16-37(26)14-24(38)36-25;1-17(18-10-20(25(27,28)29)12-21(11-18)26(30,31)32)38-16-24(19-6-4-3-5-7-19)9-8-23(15-39-40(2,36)37)14-34(24)13-22(35)33-23;4-3-1-2-3/h2*2-6,11-13,18,23,35H,7-10,14-17H2,1H3,(H,36,38);3-7,10-12,17H,8-9,13-16H2,1-2H3,(H,33,35);3H,1-2,4H2/t2*18-,25+,26-;17-,23-,24-;/m111./s1. The van der Waals surface area contributed by atoms with E-state index >= 15 is 0 Å². The highest BCUT2D eigenvalue weighted by Crippen LogP contribution is 2.50. The second-order valence-electron chi connectivity index (χ2n) is 33.7. The molecule has 9 aliphatic rings. The minimum Gasteiger partial charge on any atom is -0.372 e. The quantitative estimate of drug-likeness (QED) is 0.0245. The van der Waals surface area contributed by atoms with Crippen LogP contribution in [0.1, 0.15) is 183 Å². The molecule has 7 N–H and O–H groups in total. The van der Waals surface area contributed by atoms with E-state index in [1.54, 1.807) is 35.2 Å². The van der Waals surface area contributed by atoms with Crippen LogP contribution in [-0.4, -0.2) is 161 Å². The van der Waals surface area contributed by atoms with Crippen LogP contribution >= 0.6 is 0 Å². The topological polar surface area (TPSA) is 218 Å². The van der Waals surface area contributed by atoms with E-state index < -0.39 is 132 Å². The van der Waals surface area contributed by atoms with Crippen molar-refractivity contribution in [2.24, 2.45) is 5.73 Å². The molecule has 37 heteroatoms. The molecule has 18 nitrogen and oxygen atoms in total. The molecule has 6 aliphatic heterocycles. The van der Waals surface area contributed by atoms with Gasteiger partial charge in [-0.2, -0.15) is 87.4 Å². The average Bonchev–Trinajstić information content (AvgIpc) is 1.73. The van der Waals surface area contributed by atoms with Gasteiger partial charge in [-0.05, 0) is 186 Å². The van der Waals surface area contributed by atoms with E-state index in [1.165, 1.54) is 33.6 Å². The Morgan fingerprint density at radius 1 is 0.393 bits per heavy atom. The number of nitrogens with one attached hydrogen (secondary N) is 5. The largest absolute Gasteiger partial charge is 0.416 e. The number of amides is 3. The van der Waals surface area contributed by atoms with Crippen molar-refractivity contribution in [1.82, 2.24) is 41.3 Å². The third-order valence-electron chi connectivity index (χ3n) is 24.2. The minimum atomic E-state index is -5.00. The van der Waals surface area contributed by atoms with Crippen LogP contribution in [0.2, 0.25) is 0 Å². The lowest BCUT2D eigenvalue weighted by Crippen LogP contribution is -2.74. The molecular formula is C85H97F18N9O9S. The Labute approximate surface area is 694 Å². The Kier molecular flexibility index (Phi) is 27.3. The van der Waals surface area contributed by atoms with Gasteiger partial charge in [0.2, 0.25) is 17.7 Å². The van der Waals surface area contributed by atoms with Gasteiger partial charge in [0.25, 0.3) is 10.1 Å². The van der Waals surface area contributed by atoms with Crippen molar-refractivity contribution < 1.29 is 120 Å². The molecular weight excluding hydrogens is 1670 g/mol. The molecule has 0 spiro atoms. The highest BCUT2D eigenvalue weighted by molar-refractivity contribution is 7.86. The van der Waals surface area contributed by atoms with Crippen LogP contribution in [0.15, 0.2) is 146 Å². The minimum absolute atomic E-state index is 0.00477. The molecule has 3 aliphatic carbocycles. The lowest BCUT2D eigenvalue weighted by Gasteiger charge is -2.57. The molecule has 3 amide bonds. The SMILES string of the molecule is C[C@@H](OC[C@@]1(c2ccccc2)CC[C@]2(CNC3CC3)CN1CC(=O)N2)c1cc(C(F)(F)F)cc(C(F)(F)F)c1.C[C@@H](OC[C@@]1(c2ccccc2)CC[C@]2(CNC3CC3)CN1CC(=O)N2)c1cc(C(F)(F)F)cc(C(F)(F)F)c1.C[C@@H](OC[C@@]1(c2ccccc2)CC[C@]2(COS(C)(=O)=O)CN1CC(=O)N2)c1cc(C(F)(F)F)cc(C(F)(F)F)c1.NC1CC1. The normalized spacial score (nSPS) is 27.5. The number of carbonyl (C=O) groups excluding carboxylic acids is 3. The van der Waals surface area contributed by atoms with E-state index in [4.69, 9.17) is 24.1 Å². The molecule has 6 aromatic carbocycles. The fraction of sp³-hybridized carbons (Fsp3) is 0.541. The molecule has 15 rings (SSSR count). The summed E-state index contributed by atoms with van der Waals surface area (Å²) in [6.07, 6.45) is -22.1. The summed E-state index contributed by atoms with van der Waals surface area (Å²) in [6.45, 7) is 6.48. The smallest absolute Gasteiger partial charge is 0.372 e. The number of nitrogens with zero attached hydrogens (tertiary/aromatic N) is 3. The number of rotatable bonds is 24. The molecule has 0 radical (unpaired) electrons. The number of piperazine rings is 3. The zero-order chi connectivity index (χ0) is 88.7. The Bertz CT molecular complexity index is 4490. The van der Waals surface area contributed by atoms with E-state index in [2.05, 4.69) is 36.4 Å². The maximum atomic E-state index is 13.4. The summed E-state index contributed by atoms with van der Waals surface area (Å²) in [5, 5.41) is 16.2. The maximum Gasteiger partial charge on any atom is 0.416 e. The molecule has 3 unspecified atom stereocenters. The summed E-state index contributed by atoms with van der Waals surface area (Å²) in [7, 11) is -3.80. The summed E-state index contributed by atoms with van der Waals surface area (Å²) < 4.78 is 288. The number of hydrogen-bond acceptors (Lipinski definition) is 15. The molecule has 9 fully saturated rings. The number of ether oxygens (including phenoxy) is 3. The van der Waals surface area contributed by atoms with Gasteiger partial charge in [-0.15, -0.1) is 0 Å². The maximum absolute atomic E-state index is 13.4. The van der Waals surface area contributed by atoms with Crippen LogP contribution in [0.25, 0.3) is 0 Å². The van der Waals surface area contributed by atoms with Crippen LogP contribution in [0.4, 0.5) is 79.0 Å². The first kappa shape index (κ1) is 93.2. The number of nitrogens with two attached hydrogens (primary N) is 1. The van der Waals surface area contributed by atoms with Gasteiger partial charge in [0.05, 0.1) is 137 Å². The predicted octanol–water partition coefficient (Wildman–Crippen LogP) is 15.6. The second-order valence-corrected chi connectivity index (χ2v) is 35.4. The third kappa shape index (κ3) is 23.0. The number of alkyl halides is 18. The predicted molar refractivity (Wildman–Crippen MR) is 412 cm³/mol. The van der Waals surface area contributed by atoms with Crippen LogP contribution in [-0.2, 0) is 96.6 Å². The summed E-state index contributed by atoms with van der Waals surface area (Å²) in [5.74, 6) is -0.636. The molecule has 12 atom stereocenters. The zero-order valence-electron chi connectivity index (χ0n) is 67.1. The zero-order valence-corrected chi connectivity index (χ0v) is 67.9. The van der Waals surface area contributed by atoms with Gasteiger partial charge in [-0.25, -0.2) is 0 Å². The number of benzene rings is 6. The van der Waals surface area contributed by atoms with Crippen molar-refractivity contribution in [3.8, 4) is 0 Å². The fourth-order valence-electron chi connectivity index (χ4n) is 16.8. The Morgan fingerprint density at radius 3 is 0.877 bits per heavy atom. The van der Waals surface area contributed by atoms with Crippen LogP contribution < -0.4 is 32.3 Å². The monoisotopic (exact) mass is 1760 g/mol. The van der Waals surface area contributed by atoms with Gasteiger partial charge in [-0.1, -0.05) is 91.0 Å². The van der Waals surface area contributed by atoms with Crippen molar-refractivity contribution in [2.75, 3.05) is 85.0 Å². The average molecular weight is 1760 g/mol. The number of hydrogen-bond donors (Lipinski definition) is 6. The van der Waals surface area contributed by atoms with E-state index in [0.29, 0.717) is 113 Å². The van der Waals surface area contributed by atoms with Gasteiger partial charge < -0.3 is 46.5 Å². The summed E-state index contributed by atoms with van der Waals surface area (Å²) in [5.41, 5.74) is -5.82. The molecule has 0 aromatic heterocycles. The Morgan fingerprint density at radius 2 is 0.639 bits per heavy atom. The van der Waals surface area contributed by atoms with Crippen molar-refractivity contribution in [3.05, 3.63) is 212 Å². The molecule has 6 aromatic rings. The van der Waals surface area contributed by atoms with Crippen molar-refractivity contribution in [2.45, 2.75) is 205 Å². The van der Waals surface area contributed by atoms with Crippen molar-refractivity contribution in [1.29, 1.82) is 0 Å². The lowest BCUT2D eigenvalue weighted by atomic mass is 9.73. The van der Waals surface area contributed by atoms with E-state index in [0.717, 1.165) is 48.6 Å². The van der Waals surface area contributed by atoms with Gasteiger partial charge >= 0.3 is 37.1 Å². The van der Waals surface area contributed by atoms with Gasteiger partial charge in [0.15, 0.2) is 0 Å². The highest BCUT2D eigenvalue weighted by atomic mass is 32.2. The molecule has 668 valence electrons. The summed E-state index contributed by atoms with van der Waals surface area (Å²) in [4.78, 5) is 44.3. The Balaban J connectivity index is 0.000000163. The molecule has 3 saturated carbocycles. The third-order valence-corrected chi connectivity index (χ3v) is 24.8. The first-order valence-electron chi connectivity index (χ1n) is 40.1. The van der Waals surface area contributed by atoms with Crippen molar-refractivity contribution >= 4 is 27.8 Å². The van der Waals surface area contributed by atoms with Gasteiger partial charge in [-0.3, -0.25) is 33.3 Å². The number of fused-ring (bicyclic) bond motifs is 6. The summed E-state index contributed by atoms with van der Waals surface area (Å²) >= 11 is 0. The van der Waals surface area contributed by atoms with E-state index in [9.17, 15) is 102 Å².